The number of aromatic amines is 1. The molecule has 1 heterocycles. The van der Waals surface area contributed by atoms with Gasteiger partial charge in [-0.15, -0.1) is 5.10 Å². The van der Waals surface area contributed by atoms with Crippen molar-refractivity contribution in [3.63, 3.8) is 0 Å². The van der Waals surface area contributed by atoms with Gasteiger partial charge in [0.15, 0.2) is 5.82 Å². The van der Waals surface area contributed by atoms with E-state index in [1.807, 2.05) is 18.2 Å². The number of benzene rings is 2. The summed E-state index contributed by atoms with van der Waals surface area (Å²) in [6, 6.07) is 15.0. The number of thioether (sulfide) groups is 1. The van der Waals surface area contributed by atoms with Crippen molar-refractivity contribution in [1.29, 1.82) is 5.26 Å². The number of ether oxygens (including phenoxy) is 1. The molecule has 0 saturated heterocycles. The molecule has 3 aromatic rings. The number of nitriles is 1. The zero-order valence-electron chi connectivity index (χ0n) is 12.8. The second-order valence-electron chi connectivity index (χ2n) is 4.87. The van der Waals surface area contributed by atoms with Crippen LogP contribution in [-0.2, 0) is 5.75 Å². The monoisotopic (exact) mass is 356 g/mol. The number of nitrogens with zero attached hydrogens (tertiary/aromatic N) is 3. The predicted molar refractivity (Wildman–Crippen MR) is 94.1 cm³/mol. The Balaban J connectivity index is 1.79. The van der Waals surface area contributed by atoms with E-state index in [-0.39, 0.29) is 0 Å². The Morgan fingerprint density at radius 1 is 1.29 bits per heavy atom. The van der Waals surface area contributed by atoms with Crippen molar-refractivity contribution < 1.29 is 4.74 Å². The number of hydrogen-bond acceptors (Lipinski definition) is 5. The molecule has 0 spiro atoms. The normalized spacial score (nSPS) is 10.4. The summed E-state index contributed by atoms with van der Waals surface area (Å²) in [4.78, 5) is 4.48. The number of rotatable bonds is 5. The summed E-state index contributed by atoms with van der Waals surface area (Å²) in [5.41, 5.74) is 2.37. The molecule has 1 N–H and O–H groups in total. The van der Waals surface area contributed by atoms with Crippen LogP contribution in [0.5, 0.6) is 5.75 Å². The first-order valence-corrected chi connectivity index (χ1v) is 8.44. The van der Waals surface area contributed by atoms with Gasteiger partial charge in [-0.05, 0) is 29.8 Å². The molecule has 0 aliphatic rings. The number of hydrogen-bond donors (Lipinski definition) is 1. The molecule has 0 amide bonds. The van der Waals surface area contributed by atoms with Crippen molar-refractivity contribution in [3.05, 3.63) is 58.6 Å². The first kappa shape index (κ1) is 16.4. The quantitative estimate of drug-likeness (QED) is 0.690. The van der Waals surface area contributed by atoms with Gasteiger partial charge < -0.3 is 4.74 Å². The standard InChI is InChI=1S/C17H13ClN4OS/c1-23-15-7-6-13(18)8-14(15)16-20-17(22-21-16)24-10-12-5-3-2-4-11(12)9-19/h2-8H,10H2,1H3,(H,20,21,22). The fourth-order valence-electron chi connectivity index (χ4n) is 2.19. The number of nitrogens with one attached hydrogen (secondary N) is 1. The molecular weight excluding hydrogens is 344 g/mol. The molecule has 0 unspecified atom stereocenters. The molecule has 24 heavy (non-hydrogen) atoms. The van der Waals surface area contributed by atoms with Crippen molar-refractivity contribution in [2.75, 3.05) is 7.11 Å². The van der Waals surface area contributed by atoms with Crippen LogP contribution in [0.25, 0.3) is 11.4 Å². The maximum absolute atomic E-state index is 9.13. The molecular formula is C17H13ClN4OS. The minimum Gasteiger partial charge on any atom is -0.496 e. The molecule has 0 fully saturated rings. The molecule has 0 atom stereocenters. The van der Waals surface area contributed by atoms with E-state index >= 15 is 0 Å². The Bertz CT molecular complexity index is 904. The van der Waals surface area contributed by atoms with Crippen LogP contribution in [0.4, 0.5) is 0 Å². The van der Waals surface area contributed by atoms with Crippen molar-refractivity contribution in [2.24, 2.45) is 0 Å². The Labute approximate surface area is 148 Å². The summed E-state index contributed by atoms with van der Waals surface area (Å²) in [7, 11) is 1.59. The van der Waals surface area contributed by atoms with Crippen LogP contribution in [0.1, 0.15) is 11.1 Å². The summed E-state index contributed by atoms with van der Waals surface area (Å²) >= 11 is 7.51. The summed E-state index contributed by atoms with van der Waals surface area (Å²) in [6.07, 6.45) is 0. The number of H-pyrrole nitrogens is 1. The Hall–Kier alpha value is -2.49. The van der Waals surface area contributed by atoms with E-state index in [9.17, 15) is 0 Å². The highest BCUT2D eigenvalue weighted by atomic mass is 35.5. The van der Waals surface area contributed by atoms with Crippen LogP contribution in [-0.4, -0.2) is 22.3 Å². The number of methoxy groups -OCH3 is 1. The van der Waals surface area contributed by atoms with Crippen LogP contribution in [0, 0.1) is 11.3 Å². The largest absolute Gasteiger partial charge is 0.496 e. The van der Waals surface area contributed by atoms with Gasteiger partial charge in [-0.1, -0.05) is 41.6 Å². The van der Waals surface area contributed by atoms with Gasteiger partial charge in [0.2, 0.25) is 5.16 Å². The van der Waals surface area contributed by atoms with Crippen LogP contribution in [0.15, 0.2) is 47.6 Å². The predicted octanol–water partition coefficient (Wildman–Crippen LogP) is 4.30. The molecule has 120 valence electrons. The maximum Gasteiger partial charge on any atom is 0.209 e. The lowest BCUT2D eigenvalue weighted by Gasteiger charge is -2.05. The van der Waals surface area contributed by atoms with Crippen molar-refractivity contribution in [3.8, 4) is 23.2 Å². The van der Waals surface area contributed by atoms with Gasteiger partial charge >= 0.3 is 0 Å². The van der Waals surface area contributed by atoms with Crippen molar-refractivity contribution >= 4 is 23.4 Å². The lowest BCUT2D eigenvalue weighted by atomic mass is 10.1. The highest BCUT2D eigenvalue weighted by Gasteiger charge is 2.12. The average Bonchev–Trinajstić information content (AvgIpc) is 3.09. The second-order valence-corrected chi connectivity index (χ2v) is 6.25. The number of halogens is 1. The minimum atomic E-state index is 0.588. The van der Waals surface area contributed by atoms with E-state index < -0.39 is 0 Å². The van der Waals surface area contributed by atoms with Gasteiger partial charge in [0.1, 0.15) is 5.75 Å². The lowest BCUT2D eigenvalue weighted by Crippen LogP contribution is -1.89. The van der Waals surface area contributed by atoms with E-state index in [1.54, 1.807) is 31.4 Å². The molecule has 1 aromatic heterocycles. The first-order valence-electron chi connectivity index (χ1n) is 7.08. The van der Waals surface area contributed by atoms with E-state index in [1.165, 1.54) is 11.8 Å². The molecule has 5 nitrogen and oxygen atoms in total. The smallest absolute Gasteiger partial charge is 0.209 e. The minimum absolute atomic E-state index is 0.588. The summed E-state index contributed by atoms with van der Waals surface area (Å²) in [5, 5.41) is 17.4. The van der Waals surface area contributed by atoms with Crippen LogP contribution in [0.3, 0.4) is 0 Å². The van der Waals surface area contributed by atoms with Gasteiger partial charge in [0.05, 0.1) is 24.3 Å². The summed E-state index contributed by atoms with van der Waals surface area (Å²) in [6.45, 7) is 0. The fourth-order valence-corrected chi connectivity index (χ4v) is 3.17. The third-order valence-corrected chi connectivity index (χ3v) is 4.51. The second kappa shape index (κ2) is 7.39. The molecule has 7 heteroatoms. The van der Waals surface area contributed by atoms with Crippen molar-refractivity contribution in [2.45, 2.75) is 10.9 Å². The molecule has 3 rings (SSSR count). The Morgan fingerprint density at radius 2 is 2.12 bits per heavy atom. The zero-order chi connectivity index (χ0) is 16.9. The fraction of sp³-hybridized carbons (Fsp3) is 0.118. The summed E-state index contributed by atoms with van der Waals surface area (Å²) in [5.74, 6) is 1.88. The SMILES string of the molecule is COc1ccc(Cl)cc1-c1nc(SCc2ccccc2C#N)n[nH]1. The third kappa shape index (κ3) is 3.53. The third-order valence-electron chi connectivity index (χ3n) is 3.38. The van der Waals surface area contributed by atoms with Gasteiger partial charge in [0.25, 0.3) is 0 Å². The Morgan fingerprint density at radius 3 is 2.92 bits per heavy atom. The first-order chi connectivity index (χ1) is 11.7. The molecule has 0 aliphatic carbocycles. The average molecular weight is 357 g/mol. The van der Waals surface area contributed by atoms with Gasteiger partial charge in [0, 0.05) is 10.8 Å². The van der Waals surface area contributed by atoms with E-state index in [4.69, 9.17) is 21.6 Å². The summed E-state index contributed by atoms with van der Waals surface area (Å²) < 4.78 is 5.33. The van der Waals surface area contributed by atoms with Gasteiger partial charge in [-0.3, -0.25) is 5.10 Å². The van der Waals surface area contributed by atoms with Crippen LogP contribution >= 0.6 is 23.4 Å². The van der Waals surface area contributed by atoms with Crippen LogP contribution in [0.2, 0.25) is 5.02 Å². The maximum atomic E-state index is 9.13. The van der Waals surface area contributed by atoms with Gasteiger partial charge in [-0.25, -0.2) is 4.98 Å². The van der Waals surface area contributed by atoms with E-state index in [0.717, 1.165) is 11.1 Å². The molecule has 0 aliphatic heterocycles. The van der Waals surface area contributed by atoms with E-state index in [0.29, 0.717) is 33.1 Å². The topological polar surface area (TPSA) is 74.6 Å². The highest BCUT2D eigenvalue weighted by Crippen LogP contribution is 2.31. The molecule has 0 radical (unpaired) electrons. The Kier molecular flexibility index (Phi) is 5.04. The van der Waals surface area contributed by atoms with E-state index in [2.05, 4.69) is 21.3 Å². The molecule has 0 bridgehead atoms. The number of aromatic nitrogens is 3. The van der Waals surface area contributed by atoms with Gasteiger partial charge in [-0.2, -0.15) is 5.26 Å². The lowest BCUT2D eigenvalue weighted by molar-refractivity contribution is 0.416. The molecule has 0 saturated carbocycles. The van der Waals surface area contributed by atoms with Crippen molar-refractivity contribution in [1.82, 2.24) is 15.2 Å². The zero-order valence-corrected chi connectivity index (χ0v) is 14.4. The highest BCUT2D eigenvalue weighted by molar-refractivity contribution is 7.98. The van der Waals surface area contributed by atoms with Crippen LogP contribution < -0.4 is 4.74 Å². The molecule has 2 aromatic carbocycles.